The first-order valence-corrected chi connectivity index (χ1v) is 7.02. The van der Waals surface area contributed by atoms with E-state index in [0.29, 0.717) is 22.8 Å². The predicted molar refractivity (Wildman–Crippen MR) is 100 cm³/mol. The lowest BCUT2D eigenvalue weighted by molar-refractivity contribution is 1.37. The Balaban J connectivity index is 0.000000185. The lowest BCUT2D eigenvalue weighted by Gasteiger charge is -2.04. The highest BCUT2D eigenvalue weighted by Crippen LogP contribution is 2.25. The molecule has 2 aromatic carbocycles. The van der Waals surface area contributed by atoms with Crippen molar-refractivity contribution >= 4 is 33.8 Å². The van der Waals surface area contributed by atoms with Gasteiger partial charge in [-0.3, -0.25) is 5.41 Å². The van der Waals surface area contributed by atoms with Crippen LogP contribution in [0.5, 0.6) is 0 Å². The summed E-state index contributed by atoms with van der Waals surface area (Å²) in [5.41, 5.74) is 24.7. The van der Waals surface area contributed by atoms with Gasteiger partial charge in [-0.2, -0.15) is 0 Å². The number of pyridine rings is 1. The maximum absolute atomic E-state index is 7.04. The summed E-state index contributed by atoms with van der Waals surface area (Å²) in [6, 6.07) is 12.4. The van der Waals surface area contributed by atoms with Gasteiger partial charge < -0.3 is 22.9 Å². The molecule has 6 nitrogen and oxygen atoms in total. The molecule has 0 atom stereocenters. The van der Waals surface area contributed by atoms with E-state index in [0.717, 1.165) is 16.3 Å². The minimum Gasteiger partial charge on any atom is -0.399 e. The zero-order valence-electron chi connectivity index (χ0n) is 13.0. The van der Waals surface area contributed by atoms with E-state index in [2.05, 4.69) is 10.9 Å². The van der Waals surface area contributed by atoms with Crippen molar-refractivity contribution in [3.63, 3.8) is 0 Å². The lowest BCUT2D eigenvalue weighted by Crippen LogP contribution is -2.10. The van der Waals surface area contributed by atoms with E-state index >= 15 is 0 Å². The molecule has 0 saturated carbocycles. The second-order valence-corrected chi connectivity index (χ2v) is 5.04. The molecular weight excluding hydrogens is 300 g/mol. The highest BCUT2D eigenvalue weighted by molar-refractivity contribution is 5.97. The lowest BCUT2D eigenvalue weighted by atomic mass is 10.1. The smallest absolute Gasteiger partial charge is 0.147 e. The van der Waals surface area contributed by atoms with Gasteiger partial charge in [0.05, 0.1) is 5.69 Å². The molecule has 1 aromatic heterocycles. The zero-order chi connectivity index (χ0) is 17.7. The maximum atomic E-state index is 7.04. The Kier molecular flexibility index (Phi) is 4.87. The summed E-state index contributed by atoms with van der Waals surface area (Å²) < 4.78 is 0. The van der Waals surface area contributed by atoms with Gasteiger partial charge in [-0.1, -0.05) is 12.0 Å². The van der Waals surface area contributed by atoms with Gasteiger partial charge in [0, 0.05) is 33.8 Å². The summed E-state index contributed by atoms with van der Waals surface area (Å²) >= 11 is 0. The van der Waals surface area contributed by atoms with Gasteiger partial charge in [-0.15, -0.1) is 6.42 Å². The van der Waals surface area contributed by atoms with Gasteiger partial charge >= 0.3 is 0 Å². The molecule has 0 unspecified atom stereocenters. The first-order chi connectivity index (χ1) is 11.4. The van der Waals surface area contributed by atoms with Gasteiger partial charge in [0.2, 0.25) is 0 Å². The number of aromatic nitrogens is 1. The molecule has 0 aliphatic rings. The van der Waals surface area contributed by atoms with E-state index < -0.39 is 0 Å². The van der Waals surface area contributed by atoms with E-state index in [4.69, 9.17) is 34.8 Å². The number of nitrogens with two attached hydrogens (primary N) is 4. The summed E-state index contributed by atoms with van der Waals surface area (Å²) in [4.78, 5) is 3.96. The maximum Gasteiger partial charge on any atom is 0.147 e. The standard InChI is InChI=1S/C11H9N3.C7H9N3/c1-2-7-3-4-8-6-14-11(13)10(12)9(8)5-7;8-6-3-1-5(2-4-6)7(9)10/h1,3-6H,12H2,(H2,13,14);1-4H,8H2,(H3,9,10). The van der Waals surface area contributed by atoms with Gasteiger partial charge in [-0.05, 0) is 36.4 Å². The van der Waals surface area contributed by atoms with Crippen LogP contribution in [-0.4, -0.2) is 10.8 Å². The fraction of sp³-hybridized carbons (Fsp3) is 0. The molecule has 0 bridgehead atoms. The van der Waals surface area contributed by atoms with Crippen LogP contribution in [0.2, 0.25) is 0 Å². The molecule has 9 N–H and O–H groups in total. The molecule has 0 spiro atoms. The number of nitrogens with one attached hydrogen (secondary N) is 1. The van der Waals surface area contributed by atoms with Crippen LogP contribution < -0.4 is 22.9 Å². The van der Waals surface area contributed by atoms with Crippen molar-refractivity contribution in [3.8, 4) is 12.3 Å². The minimum atomic E-state index is 0.0694. The third-order valence-electron chi connectivity index (χ3n) is 3.35. The summed E-state index contributed by atoms with van der Waals surface area (Å²) in [6.07, 6.45) is 6.97. The fourth-order valence-corrected chi connectivity index (χ4v) is 2.00. The van der Waals surface area contributed by atoms with Crippen LogP contribution in [0.1, 0.15) is 11.1 Å². The number of fused-ring (bicyclic) bond motifs is 1. The largest absolute Gasteiger partial charge is 0.399 e. The van der Waals surface area contributed by atoms with E-state index in [1.54, 1.807) is 30.5 Å². The molecule has 24 heavy (non-hydrogen) atoms. The third-order valence-corrected chi connectivity index (χ3v) is 3.35. The second-order valence-electron chi connectivity index (χ2n) is 5.04. The monoisotopic (exact) mass is 318 g/mol. The molecule has 0 saturated heterocycles. The zero-order valence-corrected chi connectivity index (χ0v) is 13.0. The fourth-order valence-electron chi connectivity index (χ4n) is 2.00. The number of hydrogen-bond acceptors (Lipinski definition) is 5. The summed E-state index contributed by atoms with van der Waals surface area (Å²) in [5.74, 6) is 2.96. The van der Waals surface area contributed by atoms with Crippen molar-refractivity contribution in [3.05, 3.63) is 59.8 Å². The van der Waals surface area contributed by atoms with Crippen LogP contribution in [0.4, 0.5) is 17.2 Å². The number of amidine groups is 1. The second kappa shape index (κ2) is 7.03. The molecular formula is C18H18N6. The van der Waals surface area contributed by atoms with Crippen LogP contribution >= 0.6 is 0 Å². The summed E-state index contributed by atoms with van der Waals surface area (Å²) in [7, 11) is 0. The normalized spacial score (nSPS) is 9.62. The van der Waals surface area contributed by atoms with Gasteiger partial charge in [-0.25, -0.2) is 4.98 Å². The van der Waals surface area contributed by atoms with Crippen LogP contribution in [0.25, 0.3) is 10.8 Å². The van der Waals surface area contributed by atoms with Crippen molar-refractivity contribution < 1.29 is 0 Å². The first-order valence-electron chi connectivity index (χ1n) is 7.02. The first kappa shape index (κ1) is 16.6. The SMILES string of the molecule is C#Cc1ccc2cnc(N)c(N)c2c1.N=C(N)c1ccc(N)cc1. The van der Waals surface area contributed by atoms with E-state index in [1.807, 2.05) is 18.2 Å². The molecule has 0 radical (unpaired) electrons. The Hall–Kier alpha value is -3.72. The van der Waals surface area contributed by atoms with E-state index in [1.165, 1.54) is 0 Å². The Bertz CT molecular complexity index is 923. The molecule has 6 heteroatoms. The number of benzene rings is 2. The van der Waals surface area contributed by atoms with Crippen LogP contribution in [0.15, 0.2) is 48.7 Å². The molecule has 0 aliphatic heterocycles. The molecule has 3 aromatic rings. The van der Waals surface area contributed by atoms with Crippen molar-refractivity contribution in [1.82, 2.24) is 4.98 Å². The summed E-state index contributed by atoms with van der Waals surface area (Å²) in [6.45, 7) is 0. The van der Waals surface area contributed by atoms with Gasteiger partial charge in [0.15, 0.2) is 0 Å². The quantitative estimate of drug-likeness (QED) is 0.202. The number of anilines is 3. The Morgan fingerprint density at radius 2 is 1.71 bits per heavy atom. The molecule has 0 amide bonds. The topological polar surface area (TPSA) is 141 Å². The van der Waals surface area contributed by atoms with Crippen molar-refractivity contribution in [1.29, 1.82) is 5.41 Å². The Labute approximate surface area is 140 Å². The van der Waals surface area contributed by atoms with Crippen LogP contribution in [0.3, 0.4) is 0 Å². The third kappa shape index (κ3) is 3.72. The predicted octanol–water partition coefficient (Wildman–Crippen LogP) is 1.93. The van der Waals surface area contributed by atoms with E-state index in [9.17, 15) is 0 Å². The highest BCUT2D eigenvalue weighted by atomic mass is 14.9. The number of terminal acetylenes is 1. The molecule has 0 aliphatic carbocycles. The van der Waals surface area contributed by atoms with Gasteiger partial charge in [0.1, 0.15) is 11.7 Å². The number of rotatable bonds is 1. The number of nitrogens with zero attached hydrogens (tertiary/aromatic N) is 1. The Morgan fingerprint density at radius 1 is 1.04 bits per heavy atom. The Morgan fingerprint density at radius 3 is 2.29 bits per heavy atom. The highest BCUT2D eigenvalue weighted by Gasteiger charge is 2.02. The number of nitrogen functional groups attached to an aromatic ring is 4. The van der Waals surface area contributed by atoms with Crippen LogP contribution in [0, 0.1) is 17.8 Å². The van der Waals surface area contributed by atoms with Crippen LogP contribution in [-0.2, 0) is 0 Å². The van der Waals surface area contributed by atoms with Crippen molar-refractivity contribution in [2.45, 2.75) is 0 Å². The molecule has 120 valence electrons. The number of hydrogen-bond donors (Lipinski definition) is 5. The average Bonchev–Trinajstić information content (AvgIpc) is 2.59. The van der Waals surface area contributed by atoms with Gasteiger partial charge in [0.25, 0.3) is 0 Å². The molecule has 1 heterocycles. The van der Waals surface area contributed by atoms with E-state index in [-0.39, 0.29) is 5.84 Å². The molecule has 3 rings (SSSR count). The molecule has 0 fully saturated rings. The van der Waals surface area contributed by atoms with Crippen molar-refractivity contribution in [2.24, 2.45) is 5.73 Å². The minimum absolute atomic E-state index is 0.0694. The summed E-state index contributed by atoms with van der Waals surface area (Å²) in [5, 5.41) is 8.84. The van der Waals surface area contributed by atoms with Crippen molar-refractivity contribution in [2.75, 3.05) is 17.2 Å². The average molecular weight is 318 g/mol.